The van der Waals surface area contributed by atoms with Crippen molar-refractivity contribution < 1.29 is 18.1 Å². The molecule has 2 aliphatic carbocycles. The zero-order valence-electron chi connectivity index (χ0n) is 16.0. The second-order valence-corrected chi connectivity index (χ2v) is 10.2. The van der Waals surface area contributed by atoms with Crippen LogP contribution in [0.3, 0.4) is 0 Å². The lowest BCUT2D eigenvalue weighted by molar-refractivity contribution is -0.384. The first-order valence-electron chi connectivity index (χ1n) is 9.99. The first kappa shape index (κ1) is 19.6. The summed E-state index contributed by atoms with van der Waals surface area (Å²) in [6.07, 6.45) is 5.01. The van der Waals surface area contributed by atoms with Gasteiger partial charge in [-0.15, -0.1) is 0 Å². The van der Waals surface area contributed by atoms with E-state index in [1.165, 1.54) is 48.2 Å². The highest BCUT2D eigenvalue weighted by atomic mass is 32.2. The molecule has 8 nitrogen and oxygen atoms in total. The standard InChI is InChI=1S/C19H27N3O5S/c1-13(17-11-14-2-3-15(17)10-14)20-18-5-4-16(12-19(18)22(23)24)28(25,26)21-6-8-27-9-7-21/h4-5,12-15,17,20H,2-3,6-11H2,1H3/t13-,14-,15-,17+/m0/s1. The minimum Gasteiger partial charge on any atom is -0.379 e. The highest BCUT2D eigenvalue weighted by Crippen LogP contribution is 2.50. The Kier molecular flexibility index (Phi) is 5.32. The molecule has 0 unspecified atom stereocenters. The van der Waals surface area contributed by atoms with Crippen molar-refractivity contribution in [1.29, 1.82) is 0 Å². The smallest absolute Gasteiger partial charge is 0.293 e. The lowest BCUT2D eigenvalue weighted by Gasteiger charge is -2.29. The van der Waals surface area contributed by atoms with E-state index in [-0.39, 0.29) is 29.7 Å². The molecule has 4 rings (SSSR count). The van der Waals surface area contributed by atoms with Gasteiger partial charge in [-0.25, -0.2) is 8.42 Å². The number of hydrogen-bond donors (Lipinski definition) is 1. The van der Waals surface area contributed by atoms with E-state index in [0.29, 0.717) is 30.7 Å². The molecule has 9 heteroatoms. The number of nitro groups is 1. The summed E-state index contributed by atoms with van der Waals surface area (Å²) in [5, 5.41) is 15.0. The van der Waals surface area contributed by atoms with Gasteiger partial charge in [-0.1, -0.05) is 6.42 Å². The predicted molar refractivity (Wildman–Crippen MR) is 105 cm³/mol. The molecule has 0 radical (unpaired) electrons. The highest BCUT2D eigenvalue weighted by Gasteiger charge is 2.42. The average Bonchev–Trinajstić information content (AvgIpc) is 3.32. The second-order valence-electron chi connectivity index (χ2n) is 8.22. The summed E-state index contributed by atoms with van der Waals surface area (Å²) >= 11 is 0. The van der Waals surface area contributed by atoms with Crippen molar-refractivity contribution in [2.24, 2.45) is 17.8 Å². The van der Waals surface area contributed by atoms with Gasteiger partial charge in [0.25, 0.3) is 5.69 Å². The zero-order chi connectivity index (χ0) is 19.9. The maximum atomic E-state index is 12.8. The Labute approximate surface area is 165 Å². The Morgan fingerprint density at radius 2 is 2.00 bits per heavy atom. The van der Waals surface area contributed by atoms with E-state index in [1.807, 2.05) is 0 Å². The Hall–Kier alpha value is -1.71. The topological polar surface area (TPSA) is 102 Å². The normalized spacial score (nSPS) is 29.0. The second kappa shape index (κ2) is 7.61. The molecular formula is C19H27N3O5S. The van der Waals surface area contributed by atoms with Crippen molar-refractivity contribution in [3.8, 4) is 0 Å². The predicted octanol–water partition coefficient (Wildman–Crippen LogP) is 2.85. The maximum absolute atomic E-state index is 12.8. The Morgan fingerprint density at radius 3 is 2.61 bits per heavy atom. The number of fused-ring (bicyclic) bond motifs is 2. The number of rotatable bonds is 6. The third-order valence-corrected chi connectivity index (χ3v) is 8.49. The van der Waals surface area contributed by atoms with Crippen LogP contribution in [0.2, 0.25) is 0 Å². The molecule has 1 heterocycles. The van der Waals surface area contributed by atoms with Gasteiger partial charge >= 0.3 is 0 Å². The minimum atomic E-state index is -3.76. The summed E-state index contributed by atoms with van der Waals surface area (Å²) in [5.74, 6) is 2.03. The van der Waals surface area contributed by atoms with Gasteiger partial charge in [0.2, 0.25) is 10.0 Å². The summed E-state index contributed by atoms with van der Waals surface area (Å²) < 4.78 is 32.2. The van der Waals surface area contributed by atoms with Crippen molar-refractivity contribution >= 4 is 21.4 Å². The molecule has 1 saturated heterocycles. The average molecular weight is 410 g/mol. The number of anilines is 1. The van der Waals surface area contributed by atoms with Gasteiger partial charge in [0, 0.05) is 25.2 Å². The van der Waals surface area contributed by atoms with Crippen molar-refractivity contribution in [2.45, 2.75) is 43.5 Å². The van der Waals surface area contributed by atoms with Crippen LogP contribution in [0.25, 0.3) is 0 Å². The van der Waals surface area contributed by atoms with Gasteiger partial charge in [0.1, 0.15) is 5.69 Å². The van der Waals surface area contributed by atoms with Gasteiger partial charge in [-0.3, -0.25) is 10.1 Å². The van der Waals surface area contributed by atoms with E-state index in [4.69, 9.17) is 4.74 Å². The summed E-state index contributed by atoms with van der Waals surface area (Å²) in [6, 6.07) is 4.31. The molecule has 3 fully saturated rings. The third kappa shape index (κ3) is 3.62. The first-order valence-corrected chi connectivity index (χ1v) is 11.4. The van der Waals surface area contributed by atoms with Crippen molar-refractivity contribution in [1.82, 2.24) is 4.31 Å². The monoisotopic (exact) mass is 409 g/mol. The number of sulfonamides is 1. The van der Waals surface area contributed by atoms with Crippen LogP contribution in [0.1, 0.15) is 32.6 Å². The lowest BCUT2D eigenvalue weighted by Crippen LogP contribution is -2.40. The van der Waals surface area contributed by atoms with Crippen molar-refractivity contribution in [3.63, 3.8) is 0 Å². The number of nitrogens with one attached hydrogen (secondary N) is 1. The molecule has 1 N–H and O–H groups in total. The fourth-order valence-electron chi connectivity index (χ4n) is 5.14. The number of morpholine rings is 1. The molecule has 1 aliphatic heterocycles. The molecule has 0 aromatic heterocycles. The summed E-state index contributed by atoms with van der Waals surface area (Å²) in [5.41, 5.74) is 0.200. The number of ether oxygens (including phenoxy) is 1. The Bertz CT molecular complexity index is 853. The van der Waals surface area contributed by atoms with Gasteiger partial charge < -0.3 is 10.1 Å². The van der Waals surface area contributed by atoms with Crippen molar-refractivity contribution in [2.75, 3.05) is 31.6 Å². The number of hydrogen-bond acceptors (Lipinski definition) is 6. The van der Waals surface area contributed by atoms with Crippen LogP contribution in [-0.4, -0.2) is 50.0 Å². The van der Waals surface area contributed by atoms with Gasteiger partial charge in [0.15, 0.2) is 0 Å². The molecule has 4 atom stereocenters. The van der Waals surface area contributed by atoms with Crippen LogP contribution in [0.4, 0.5) is 11.4 Å². The molecule has 1 aromatic carbocycles. The summed E-state index contributed by atoms with van der Waals surface area (Å²) in [7, 11) is -3.76. The molecule has 28 heavy (non-hydrogen) atoms. The number of nitro benzene ring substituents is 1. The lowest BCUT2D eigenvalue weighted by atomic mass is 9.84. The highest BCUT2D eigenvalue weighted by molar-refractivity contribution is 7.89. The van der Waals surface area contributed by atoms with E-state index in [0.717, 1.165) is 5.92 Å². The molecule has 2 saturated carbocycles. The minimum absolute atomic E-state index is 0.0424. The van der Waals surface area contributed by atoms with E-state index >= 15 is 0 Å². The molecular weight excluding hydrogens is 382 g/mol. The van der Waals surface area contributed by atoms with E-state index in [1.54, 1.807) is 0 Å². The summed E-state index contributed by atoms with van der Waals surface area (Å²) in [4.78, 5) is 11.1. The third-order valence-electron chi connectivity index (χ3n) is 6.59. The summed E-state index contributed by atoms with van der Waals surface area (Å²) in [6.45, 7) is 3.27. The van der Waals surface area contributed by atoms with E-state index in [2.05, 4.69) is 12.2 Å². The van der Waals surface area contributed by atoms with E-state index < -0.39 is 14.9 Å². The largest absolute Gasteiger partial charge is 0.379 e. The van der Waals surface area contributed by atoms with Gasteiger partial charge in [-0.2, -0.15) is 4.31 Å². The molecule has 3 aliphatic rings. The molecule has 154 valence electrons. The Morgan fingerprint density at radius 1 is 1.25 bits per heavy atom. The molecule has 1 aromatic rings. The zero-order valence-corrected chi connectivity index (χ0v) is 16.9. The Balaban J connectivity index is 1.56. The fraction of sp³-hybridized carbons (Fsp3) is 0.684. The van der Waals surface area contributed by atoms with Crippen LogP contribution in [0, 0.1) is 27.9 Å². The van der Waals surface area contributed by atoms with Crippen LogP contribution < -0.4 is 5.32 Å². The van der Waals surface area contributed by atoms with E-state index in [9.17, 15) is 18.5 Å². The SMILES string of the molecule is C[C@H](Nc1ccc(S(=O)(=O)N2CCOCC2)cc1[N+](=O)[O-])[C@H]1C[C@H]2CC[C@H]1C2. The number of nitrogens with zero attached hydrogens (tertiary/aromatic N) is 2. The fourth-order valence-corrected chi connectivity index (χ4v) is 6.57. The molecule has 0 spiro atoms. The maximum Gasteiger partial charge on any atom is 0.293 e. The number of benzene rings is 1. The van der Waals surface area contributed by atoms with Crippen LogP contribution in [0.15, 0.2) is 23.1 Å². The quantitative estimate of drug-likeness (QED) is 0.573. The van der Waals surface area contributed by atoms with Gasteiger partial charge in [-0.05, 0) is 56.1 Å². The van der Waals surface area contributed by atoms with Crippen LogP contribution >= 0.6 is 0 Å². The first-order chi connectivity index (χ1) is 13.4. The van der Waals surface area contributed by atoms with Crippen LogP contribution in [0.5, 0.6) is 0 Å². The molecule has 2 bridgehead atoms. The molecule has 0 amide bonds. The van der Waals surface area contributed by atoms with Gasteiger partial charge in [0.05, 0.1) is 23.0 Å². The van der Waals surface area contributed by atoms with Crippen molar-refractivity contribution in [3.05, 3.63) is 28.3 Å². The van der Waals surface area contributed by atoms with Crippen LogP contribution in [-0.2, 0) is 14.8 Å².